The van der Waals surface area contributed by atoms with Gasteiger partial charge in [0.05, 0.1) is 5.60 Å². The van der Waals surface area contributed by atoms with Crippen LogP contribution in [0.1, 0.15) is 44.4 Å². The molecule has 0 saturated heterocycles. The van der Waals surface area contributed by atoms with Crippen LogP contribution in [0.25, 0.3) is 22.3 Å². The van der Waals surface area contributed by atoms with Gasteiger partial charge in [0.25, 0.3) is 0 Å². The fourth-order valence-electron chi connectivity index (χ4n) is 4.71. The zero-order chi connectivity index (χ0) is 23.8. The van der Waals surface area contributed by atoms with Gasteiger partial charge in [0, 0.05) is 14.4 Å². The average molecular weight is 564 g/mol. The minimum atomic E-state index is -0.834. The molecular formula is C30H28Br2O. The number of rotatable bonds is 2. The van der Waals surface area contributed by atoms with E-state index in [4.69, 9.17) is 0 Å². The molecule has 168 valence electrons. The summed E-state index contributed by atoms with van der Waals surface area (Å²) in [5.41, 5.74) is 7.98. The fraction of sp³-hybridized carbons (Fsp3) is 0.200. The van der Waals surface area contributed by atoms with Crippen LogP contribution in [-0.4, -0.2) is 5.11 Å². The first-order chi connectivity index (χ1) is 15.6. The van der Waals surface area contributed by atoms with E-state index in [1.165, 1.54) is 26.7 Å². The van der Waals surface area contributed by atoms with E-state index in [1.807, 2.05) is 50.2 Å². The van der Waals surface area contributed by atoms with Crippen molar-refractivity contribution in [1.82, 2.24) is 0 Å². The molecule has 0 radical (unpaired) electrons. The van der Waals surface area contributed by atoms with Crippen LogP contribution in [0.4, 0.5) is 0 Å². The molecule has 0 aromatic heterocycles. The molecule has 0 spiro atoms. The minimum Gasteiger partial charge on any atom is -0.386 e. The van der Waals surface area contributed by atoms with Crippen LogP contribution in [0, 0.1) is 0 Å². The summed E-state index contributed by atoms with van der Waals surface area (Å²) in [6, 6.07) is 31.2. The lowest BCUT2D eigenvalue weighted by Gasteiger charge is -2.22. The van der Waals surface area contributed by atoms with Crippen molar-refractivity contribution in [3.63, 3.8) is 0 Å². The molecule has 0 amide bonds. The first-order valence-corrected chi connectivity index (χ1v) is 12.7. The van der Waals surface area contributed by atoms with Gasteiger partial charge < -0.3 is 5.11 Å². The topological polar surface area (TPSA) is 20.2 Å². The normalized spacial score (nSPS) is 13.5. The van der Waals surface area contributed by atoms with Crippen molar-refractivity contribution in [3.05, 3.63) is 117 Å². The number of aliphatic hydroxyl groups is 1. The Kier molecular flexibility index (Phi) is 6.68. The second kappa shape index (κ2) is 9.21. The molecule has 0 unspecified atom stereocenters. The second-order valence-corrected chi connectivity index (χ2v) is 11.2. The van der Waals surface area contributed by atoms with Crippen LogP contribution in [0.2, 0.25) is 0 Å². The van der Waals surface area contributed by atoms with Gasteiger partial charge in [0.15, 0.2) is 0 Å². The summed E-state index contributed by atoms with van der Waals surface area (Å²) in [5, 5.41) is 10.2. The maximum Gasteiger partial charge on any atom is 0.0846 e. The Bertz CT molecular complexity index is 1300. The summed E-state index contributed by atoms with van der Waals surface area (Å²) in [6.07, 6.45) is 0. The Morgan fingerprint density at radius 3 is 2.00 bits per heavy atom. The highest BCUT2D eigenvalue weighted by Gasteiger charge is 2.36. The van der Waals surface area contributed by atoms with Gasteiger partial charge in [-0.2, -0.15) is 0 Å². The molecule has 33 heavy (non-hydrogen) atoms. The molecule has 1 aliphatic rings. The summed E-state index contributed by atoms with van der Waals surface area (Å²) in [4.78, 5) is 0. The van der Waals surface area contributed by atoms with E-state index in [-0.39, 0.29) is 5.41 Å². The van der Waals surface area contributed by atoms with Crippen LogP contribution in [-0.2, 0) is 11.0 Å². The minimum absolute atomic E-state index is 0.103. The molecule has 0 heterocycles. The van der Waals surface area contributed by atoms with E-state index in [1.54, 1.807) is 0 Å². The quantitative estimate of drug-likeness (QED) is 0.258. The molecule has 1 N–H and O–H groups in total. The van der Waals surface area contributed by atoms with E-state index in [9.17, 15) is 5.11 Å². The molecule has 0 aliphatic heterocycles. The maximum absolute atomic E-state index is 10.2. The van der Waals surface area contributed by atoms with Gasteiger partial charge in [-0.15, -0.1) is 0 Å². The third-order valence-corrected chi connectivity index (χ3v) is 7.41. The van der Waals surface area contributed by atoms with E-state index in [0.717, 1.165) is 21.2 Å². The first-order valence-electron chi connectivity index (χ1n) is 11.1. The van der Waals surface area contributed by atoms with Gasteiger partial charge in [-0.25, -0.2) is 0 Å². The van der Waals surface area contributed by atoms with Crippen molar-refractivity contribution in [3.8, 4) is 22.3 Å². The molecule has 4 aromatic carbocycles. The van der Waals surface area contributed by atoms with Crippen molar-refractivity contribution in [2.45, 2.75) is 38.7 Å². The molecular weight excluding hydrogens is 536 g/mol. The summed E-state index contributed by atoms with van der Waals surface area (Å²) in [7, 11) is 0. The lowest BCUT2D eigenvalue weighted by Crippen LogP contribution is -2.16. The molecule has 0 saturated carbocycles. The highest BCUT2D eigenvalue weighted by Crippen LogP contribution is 2.50. The Hall–Kier alpha value is -2.20. The van der Waals surface area contributed by atoms with E-state index in [0.29, 0.717) is 0 Å². The molecule has 3 heteroatoms. The van der Waals surface area contributed by atoms with Crippen LogP contribution in [0.15, 0.2) is 99.9 Å². The van der Waals surface area contributed by atoms with Gasteiger partial charge in [0.1, 0.15) is 0 Å². The summed E-state index contributed by atoms with van der Waals surface area (Å²) in [5.74, 6) is 0. The number of benzene rings is 4. The van der Waals surface area contributed by atoms with Crippen molar-refractivity contribution in [2.24, 2.45) is 0 Å². The maximum atomic E-state index is 10.2. The predicted molar refractivity (Wildman–Crippen MR) is 147 cm³/mol. The van der Waals surface area contributed by atoms with Crippen molar-refractivity contribution < 1.29 is 5.11 Å². The SMILES string of the molecule is CC(C)(O)c1ccccc1-c1cccc(Br)c1.CC1(C)c2ccccc2-c2cccc(Br)c21. The third kappa shape index (κ3) is 4.73. The lowest BCUT2D eigenvalue weighted by atomic mass is 9.82. The van der Waals surface area contributed by atoms with E-state index in [2.05, 4.69) is 100 Å². The Morgan fingerprint density at radius 2 is 1.30 bits per heavy atom. The van der Waals surface area contributed by atoms with Gasteiger partial charge in [0.2, 0.25) is 0 Å². The van der Waals surface area contributed by atoms with Gasteiger partial charge in [-0.3, -0.25) is 0 Å². The molecule has 0 atom stereocenters. The Balaban J connectivity index is 0.000000157. The Morgan fingerprint density at radius 1 is 0.697 bits per heavy atom. The smallest absolute Gasteiger partial charge is 0.0846 e. The van der Waals surface area contributed by atoms with Crippen molar-refractivity contribution in [2.75, 3.05) is 0 Å². The predicted octanol–water partition coefficient (Wildman–Crippen LogP) is 9.10. The van der Waals surface area contributed by atoms with Gasteiger partial charge >= 0.3 is 0 Å². The second-order valence-electron chi connectivity index (χ2n) is 9.45. The van der Waals surface area contributed by atoms with Gasteiger partial charge in [-0.05, 0) is 71.0 Å². The zero-order valence-corrected chi connectivity index (χ0v) is 22.5. The molecule has 1 nitrogen and oxygen atoms in total. The van der Waals surface area contributed by atoms with Crippen LogP contribution < -0.4 is 0 Å². The van der Waals surface area contributed by atoms with Crippen molar-refractivity contribution in [1.29, 1.82) is 0 Å². The number of fused-ring (bicyclic) bond motifs is 3. The lowest BCUT2D eigenvalue weighted by molar-refractivity contribution is 0.0792. The summed E-state index contributed by atoms with van der Waals surface area (Å²) >= 11 is 7.15. The number of hydrogen-bond donors (Lipinski definition) is 1. The van der Waals surface area contributed by atoms with Crippen molar-refractivity contribution >= 4 is 31.9 Å². The van der Waals surface area contributed by atoms with Crippen LogP contribution in [0.3, 0.4) is 0 Å². The standard InChI is InChI=1S/C15H15BrO.C15H13Br/c1-15(2,17)14-9-4-3-8-13(14)11-6-5-7-12(16)10-11;1-15(2)12-8-4-3-6-10(12)11-7-5-9-13(16)14(11)15/h3-10,17H,1-2H3;3-9H,1-2H3. The summed E-state index contributed by atoms with van der Waals surface area (Å²) in [6.45, 7) is 8.21. The largest absolute Gasteiger partial charge is 0.386 e. The highest BCUT2D eigenvalue weighted by atomic mass is 79.9. The molecule has 4 aromatic rings. The van der Waals surface area contributed by atoms with Crippen LogP contribution in [0.5, 0.6) is 0 Å². The highest BCUT2D eigenvalue weighted by molar-refractivity contribution is 9.10. The number of halogens is 2. The fourth-order valence-corrected chi connectivity index (χ4v) is 5.97. The Labute approximate surface area is 213 Å². The molecule has 5 rings (SSSR count). The average Bonchev–Trinajstić information content (AvgIpc) is 3.02. The molecule has 0 bridgehead atoms. The monoisotopic (exact) mass is 562 g/mol. The van der Waals surface area contributed by atoms with Crippen LogP contribution >= 0.6 is 31.9 Å². The number of hydrogen-bond acceptors (Lipinski definition) is 1. The first kappa shape index (κ1) is 23.9. The molecule has 0 fully saturated rings. The molecule has 1 aliphatic carbocycles. The third-order valence-electron chi connectivity index (χ3n) is 6.25. The summed E-state index contributed by atoms with van der Waals surface area (Å²) < 4.78 is 2.26. The van der Waals surface area contributed by atoms with Gasteiger partial charge in [-0.1, -0.05) is 119 Å². The zero-order valence-electron chi connectivity index (χ0n) is 19.4. The van der Waals surface area contributed by atoms with E-state index >= 15 is 0 Å². The van der Waals surface area contributed by atoms with E-state index < -0.39 is 5.60 Å².